The number of piperidine rings is 1. The lowest BCUT2D eigenvalue weighted by Gasteiger charge is -2.22. The van der Waals surface area contributed by atoms with Crippen LogP contribution in [0.1, 0.15) is 30.3 Å². The molecule has 94 valence electrons. The van der Waals surface area contributed by atoms with Crippen LogP contribution < -0.4 is 5.32 Å². The molecule has 0 amide bonds. The minimum absolute atomic E-state index is 0.513. The van der Waals surface area contributed by atoms with Crippen molar-refractivity contribution in [3.05, 3.63) is 29.2 Å². The second-order valence-corrected chi connectivity index (χ2v) is 5.50. The highest BCUT2D eigenvalue weighted by Crippen LogP contribution is 2.26. The molecule has 2 aromatic heterocycles. The molecule has 0 saturated carbocycles. The first kappa shape index (κ1) is 11.7. The first-order valence-electron chi connectivity index (χ1n) is 6.29. The van der Waals surface area contributed by atoms with E-state index in [9.17, 15) is 0 Å². The molecule has 1 N–H and O–H groups in total. The van der Waals surface area contributed by atoms with E-state index in [0.717, 1.165) is 35.3 Å². The highest BCUT2D eigenvalue weighted by molar-refractivity contribution is 7.13. The minimum atomic E-state index is 0.513. The lowest BCUT2D eigenvalue weighted by Crippen LogP contribution is -2.29. The van der Waals surface area contributed by atoms with Gasteiger partial charge in [0.25, 0.3) is 0 Å². The van der Waals surface area contributed by atoms with Gasteiger partial charge in [0.05, 0.1) is 0 Å². The van der Waals surface area contributed by atoms with Gasteiger partial charge in [0.1, 0.15) is 16.5 Å². The Bertz CT molecular complexity index is 518. The van der Waals surface area contributed by atoms with Gasteiger partial charge in [0.2, 0.25) is 0 Å². The van der Waals surface area contributed by atoms with Gasteiger partial charge in [-0.05, 0) is 32.4 Å². The number of rotatable bonds is 2. The third kappa shape index (κ3) is 2.42. The SMILES string of the molecule is Cc1nc(-c2nccs2)cc(C2CCCNC2)n1. The number of thiazole rings is 1. The lowest BCUT2D eigenvalue weighted by molar-refractivity contribution is 0.453. The molecule has 4 nitrogen and oxygen atoms in total. The third-order valence-corrected chi connectivity index (χ3v) is 4.02. The summed E-state index contributed by atoms with van der Waals surface area (Å²) in [6.07, 6.45) is 4.25. The smallest absolute Gasteiger partial charge is 0.141 e. The molecule has 3 heterocycles. The second kappa shape index (κ2) is 5.12. The topological polar surface area (TPSA) is 50.7 Å². The van der Waals surface area contributed by atoms with Crippen LogP contribution in [0, 0.1) is 6.92 Å². The van der Waals surface area contributed by atoms with Crippen LogP contribution in [0.5, 0.6) is 0 Å². The first-order valence-corrected chi connectivity index (χ1v) is 7.17. The minimum Gasteiger partial charge on any atom is -0.316 e. The summed E-state index contributed by atoms with van der Waals surface area (Å²) in [4.78, 5) is 13.4. The maximum absolute atomic E-state index is 4.59. The standard InChI is InChI=1S/C13H16N4S/c1-9-16-11(10-3-2-4-14-8-10)7-12(17-9)13-15-5-6-18-13/h5-7,10,14H,2-4,8H2,1H3. The summed E-state index contributed by atoms with van der Waals surface area (Å²) in [5.41, 5.74) is 2.11. The van der Waals surface area contributed by atoms with Crippen molar-refractivity contribution in [1.29, 1.82) is 0 Å². The number of aryl methyl sites for hydroxylation is 1. The first-order chi connectivity index (χ1) is 8.83. The molecule has 18 heavy (non-hydrogen) atoms. The van der Waals surface area contributed by atoms with Gasteiger partial charge in [-0.2, -0.15) is 0 Å². The molecule has 5 heteroatoms. The van der Waals surface area contributed by atoms with Crippen molar-refractivity contribution >= 4 is 11.3 Å². The quantitative estimate of drug-likeness (QED) is 0.900. The van der Waals surface area contributed by atoms with E-state index in [4.69, 9.17) is 0 Å². The Balaban J connectivity index is 1.95. The predicted octanol–water partition coefficient (Wildman–Crippen LogP) is 2.38. The fourth-order valence-electron chi connectivity index (χ4n) is 2.36. The van der Waals surface area contributed by atoms with Crippen LogP contribution in [0.3, 0.4) is 0 Å². The molecule has 0 aromatic carbocycles. The summed E-state index contributed by atoms with van der Waals surface area (Å²) >= 11 is 1.62. The van der Waals surface area contributed by atoms with Crippen molar-refractivity contribution in [2.24, 2.45) is 0 Å². The Morgan fingerprint density at radius 3 is 3.06 bits per heavy atom. The Morgan fingerprint density at radius 2 is 2.33 bits per heavy atom. The van der Waals surface area contributed by atoms with Crippen LogP contribution in [0.25, 0.3) is 10.7 Å². The van der Waals surface area contributed by atoms with Crippen LogP contribution in [0.15, 0.2) is 17.6 Å². The maximum atomic E-state index is 4.59. The third-order valence-electron chi connectivity index (χ3n) is 3.22. The van der Waals surface area contributed by atoms with E-state index in [2.05, 4.69) is 26.3 Å². The molecule has 0 radical (unpaired) electrons. The Hall–Kier alpha value is -1.33. The van der Waals surface area contributed by atoms with Crippen molar-refractivity contribution in [2.45, 2.75) is 25.7 Å². The Morgan fingerprint density at radius 1 is 1.39 bits per heavy atom. The van der Waals surface area contributed by atoms with Crippen LogP contribution in [-0.2, 0) is 0 Å². The van der Waals surface area contributed by atoms with E-state index in [-0.39, 0.29) is 0 Å². The van der Waals surface area contributed by atoms with E-state index in [1.54, 1.807) is 11.3 Å². The molecule has 1 unspecified atom stereocenters. The summed E-state index contributed by atoms with van der Waals surface area (Å²) in [5.74, 6) is 1.35. The molecular formula is C13H16N4S. The summed E-state index contributed by atoms with van der Waals surface area (Å²) in [7, 11) is 0. The van der Waals surface area contributed by atoms with Crippen molar-refractivity contribution < 1.29 is 0 Å². The second-order valence-electron chi connectivity index (χ2n) is 4.61. The highest BCUT2D eigenvalue weighted by atomic mass is 32.1. The Kier molecular flexibility index (Phi) is 3.34. The average molecular weight is 260 g/mol. The van der Waals surface area contributed by atoms with Gasteiger partial charge in [-0.25, -0.2) is 15.0 Å². The molecule has 0 bridgehead atoms. The molecule has 0 aliphatic carbocycles. The van der Waals surface area contributed by atoms with Crippen LogP contribution in [-0.4, -0.2) is 28.0 Å². The molecule has 2 aromatic rings. The zero-order valence-electron chi connectivity index (χ0n) is 10.4. The number of nitrogens with one attached hydrogen (secondary N) is 1. The van der Waals surface area contributed by atoms with Gasteiger partial charge < -0.3 is 5.32 Å². The number of aromatic nitrogens is 3. The zero-order chi connectivity index (χ0) is 12.4. The van der Waals surface area contributed by atoms with Crippen LogP contribution in [0.4, 0.5) is 0 Å². The van der Waals surface area contributed by atoms with E-state index in [1.807, 2.05) is 18.5 Å². The fourth-order valence-corrected chi connectivity index (χ4v) is 2.96. The average Bonchev–Trinajstić information content (AvgIpc) is 2.93. The van der Waals surface area contributed by atoms with Crippen molar-refractivity contribution in [2.75, 3.05) is 13.1 Å². The molecular weight excluding hydrogens is 244 g/mol. The van der Waals surface area contributed by atoms with E-state index in [0.29, 0.717) is 5.92 Å². The van der Waals surface area contributed by atoms with Gasteiger partial charge in [-0.1, -0.05) is 0 Å². The summed E-state index contributed by atoms with van der Waals surface area (Å²) < 4.78 is 0. The fraction of sp³-hybridized carbons (Fsp3) is 0.462. The predicted molar refractivity (Wildman–Crippen MR) is 72.7 cm³/mol. The molecule has 1 fully saturated rings. The van der Waals surface area contributed by atoms with E-state index >= 15 is 0 Å². The molecule has 1 saturated heterocycles. The zero-order valence-corrected chi connectivity index (χ0v) is 11.2. The maximum Gasteiger partial charge on any atom is 0.141 e. The van der Waals surface area contributed by atoms with Crippen molar-refractivity contribution in [1.82, 2.24) is 20.3 Å². The normalized spacial score (nSPS) is 19.9. The van der Waals surface area contributed by atoms with Crippen molar-refractivity contribution in [3.63, 3.8) is 0 Å². The largest absolute Gasteiger partial charge is 0.316 e. The van der Waals surface area contributed by atoms with Crippen molar-refractivity contribution in [3.8, 4) is 10.7 Å². The van der Waals surface area contributed by atoms with Gasteiger partial charge >= 0.3 is 0 Å². The summed E-state index contributed by atoms with van der Waals surface area (Å²) in [6.45, 7) is 4.10. The highest BCUT2D eigenvalue weighted by Gasteiger charge is 2.18. The number of hydrogen-bond acceptors (Lipinski definition) is 5. The summed E-state index contributed by atoms with van der Waals surface area (Å²) in [5, 5.41) is 6.39. The molecule has 3 rings (SSSR count). The van der Waals surface area contributed by atoms with Crippen LogP contribution >= 0.6 is 11.3 Å². The van der Waals surface area contributed by atoms with E-state index in [1.165, 1.54) is 12.8 Å². The number of nitrogens with zero attached hydrogens (tertiary/aromatic N) is 3. The van der Waals surface area contributed by atoms with Crippen LogP contribution in [0.2, 0.25) is 0 Å². The molecule has 1 aliphatic rings. The van der Waals surface area contributed by atoms with Gasteiger partial charge in [-0.15, -0.1) is 11.3 Å². The van der Waals surface area contributed by atoms with Gasteiger partial charge in [0.15, 0.2) is 0 Å². The lowest BCUT2D eigenvalue weighted by atomic mass is 9.95. The molecule has 1 atom stereocenters. The Labute approximate surface area is 111 Å². The number of hydrogen-bond donors (Lipinski definition) is 1. The van der Waals surface area contributed by atoms with Gasteiger partial charge in [-0.3, -0.25) is 0 Å². The monoisotopic (exact) mass is 260 g/mol. The molecule has 1 aliphatic heterocycles. The van der Waals surface area contributed by atoms with E-state index < -0.39 is 0 Å². The summed E-state index contributed by atoms with van der Waals surface area (Å²) in [6, 6.07) is 2.10. The van der Waals surface area contributed by atoms with Gasteiger partial charge in [0, 0.05) is 29.7 Å². The molecule has 0 spiro atoms.